The highest BCUT2D eigenvalue weighted by molar-refractivity contribution is 7.15. The Kier molecular flexibility index (Phi) is 4.34. The molecule has 0 saturated carbocycles. The molecule has 0 radical (unpaired) electrons. The predicted octanol–water partition coefficient (Wildman–Crippen LogP) is 2.96. The lowest BCUT2D eigenvalue weighted by Crippen LogP contribution is -2.46. The van der Waals surface area contributed by atoms with Crippen LogP contribution in [0.25, 0.3) is 0 Å². The standard InChI is InChI=1S/C15H19FN4S/c1-2-5-14-17-18-15(21-14)20-10-8-19(9-11-20)13-7-4-3-6-12(13)16/h3-4,6-7H,2,5,8-11H2,1H3. The Morgan fingerprint density at radius 2 is 1.81 bits per heavy atom. The van der Waals surface area contributed by atoms with Crippen LogP contribution in [0.15, 0.2) is 24.3 Å². The molecule has 6 heteroatoms. The van der Waals surface area contributed by atoms with Crippen LogP contribution in [-0.4, -0.2) is 36.4 Å². The molecule has 2 heterocycles. The van der Waals surface area contributed by atoms with Crippen LogP contribution >= 0.6 is 11.3 Å². The molecule has 1 fully saturated rings. The second kappa shape index (κ2) is 6.39. The molecule has 0 atom stereocenters. The molecule has 4 nitrogen and oxygen atoms in total. The van der Waals surface area contributed by atoms with Crippen LogP contribution in [0.3, 0.4) is 0 Å². The largest absolute Gasteiger partial charge is 0.366 e. The fraction of sp³-hybridized carbons (Fsp3) is 0.467. The maximum Gasteiger partial charge on any atom is 0.208 e. The molecule has 1 saturated heterocycles. The third kappa shape index (κ3) is 3.15. The summed E-state index contributed by atoms with van der Waals surface area (Å²) in [6.07, 6.45) is 2.09. The highest BCUT2D eigenvalue weighted by atomic mass is 32.1. The lowest BCUT2D eigenvalue weighted by atomic mass is 10.2. The van der Waals surface area contributed by atoms with E-state index >= 15 is 0 Å². The van der Waals surface area contributed by atoms with Crippen molar-refractivity contribution in [1.82, 2.24) is 10.2 Å². The van der Waals surface area contributed by atoms with Gasteiger partial charge in [-0.1, -0.05) is 30.4 Å². The molecule has 1 aromatic heterocycles. The number of hydrogen-bond acceptors (Lipinski definition) is 5. The number of halogens is 1. The Morgan fingerprint density at radius 3 is 2.52 bits per heavy atom. The van der Waals surface area contributed by atoms with E-state index in [0.29, 0.717) is 5.69 Å². The zero-order valence-corrected chi connectivity index (χ0v) is 12.9. The number of para-hydroxylation sites is 1. The molecular formula is C15H19FN4S. The first-order valence-corrected chi connectivity index (χ1v) is 8.16. The monoisotopic (exact) mass is 306 g/mol. The number of anilines is 2. The average molecular weight is 306 g/mol. The van der Waals surface area contributed by atoms with E-state index in [9.17, 15) is 4.39 Å². The summed E-state index contributed by atoms with van der Waals surface area (Å²) in [6.45, 7) is 5.48. The number of hydrogen-bond donors (Lipinski definition) is 0. The van der Waals surface area contributed by atoms with E-state index in [-0.39, 0.29) is 5.82 Å². The molecule has 0 amide bonds. The molecule has 1 aromatic carbocycles. The van der Waals surface area contributed by atoms with Gasteiger partial charge >= 0.3 is 0 Å². The van der Waals surface area contributed by atoms with Crippen LogP contribution in [0.1, 0.15) is 18.4 Å². The van der Waals surface area contributed by atoms with Crippen molar-refractivity contribution in [3.05, 3.63) is 35.1 Å². The summed E-state index contributed by atoms with van der Waals surface area (Å²) in [5, 5.41) is 10.6. The molecule has 0 unspecified atom stereocenters. The van der Waals surface area contributed by atoms with Gasteiger partial charge in [0.1, 0.15) is 10.8 Å². The fourth-order valence-corrected chi connectivity index (χ4v) is 3.53. The van der Waals surface area contributed by atoms with E-state index in [1.54, 1.807) is 17.4 Å². The van der Waals surface area contributed by atoms with Gasteiger partial charge in [0.15, 0.2) is 0 Å². The molecule has 3 rings (SSSR count). The summed E-state index contributed by atoms with van der Waals surface area (Å²) < 4.78 is 13.8. The first-order chi connectivity index (χ1) is 10.3. The number of piperazine rings is 1. The van der Waals surface area contributed by atoms with Crippen molar-refractivity contribution in [3.8, 4) is 0 Å². The molecular weight excluding hydrogens is 287 g/mol. The number of nitrogens with zero attached hydrogens (tertiary/aromatic N) is 4. The third-order valence-electron chi connectivity index (χ3n) is 3.66. The summed E-state index contributed by atoms with van der Waals surface area (Å²) in [4.78, 5) is 4.34. The van der Waals surface area contributed by atoms with Crippen LogP contribution in [0.2, 0.25) is 0 Å². The zero-order valence-electron chi connectivity index (χ0n) is 12.1. The van der Waals surface area contributed by atoms with Crippen molar-refractivity contribution in [1.29, 1.82) is 0 Å². The Balaban J connectivity index is 1.63. The lowest BCUT2D eigenvalue weighted by molar-refractivity contribution is 0.597. The van der Waals surface area contributed by atoms with E-state index in [2.05, 4.69) is 26.9 Å². The lowest BCUT2D eigenvalue weighted by Gasteiger charge is -2.35. The SMILES string of the molecule is CCCc1nnc(N2CCN(c3ccccc3F)CC2)s1. The van der Waals surface area contributed by atoms with Crippen molar-refractivity contribution >= 4 is 22.2 Å². The van der Waals surface area contributed by atoms with Crippen molar-refractivity contribution in [3.63, 3.8) is 0 Å². The molecule has 1 aliphatic rings. The van der Waals surface area contributed by atoms with E-state index in [1.165, 1.54) is 6.07 Å². The number of benzene rings is 1. The van der Waals surface area contributed by atoms with Gasteiger partial charge in [0.25, 0.3) is 0 Å². The highest BCUT2D eigenvalue weighted by Gasteiger charge is 2.21. The highest BCUT2D eigenvalue weighted by Crippen LogP contribution is 2.25. The van der Waals surface area contributed by atoms with Gasteiger partial charge in [0.05, 0.1) is 5.69 Å². The van der Waals surface area contributed by atoms with Crippen LogP contribution in [0.5, 0.6) is 0 Å². The van der Waals surface area contributed by atoms with Gasteiger partial charge < -0.3 is 9.80 Å². The molecule has 0 aliphatic carbocycles. The van der Waals surface area contributed by atoms with Gasteiger partial charge in [-0.15, -0.1) is 10.2 Å². The van der Waals surface area contributed by atoms with E-state index in [1.807, 2.05) is 12.1 Å². The topological polar surface area (TPSA) is 32.3 Å². The summed E-state index contributed by atoms with van der Waals surface area (Å²) >= 11 is 1.68. The number of aryl methyl sites for hydroxylation is 1. The van der Waals surface area contributed by atoms with Crippen LogP contribution in [-0.2, 0) is 6.42 Å². The van der Waals surface area contributed by atoms with Crippen molar-refractivity contribution in [2.45, 2.75) is 19.8 Å². The molecule has 0 spiro atoms. The maximum absolute atomic E-state index is 13.8. The van der Waals surface area contributed by atoms with E-state index in [4.69, 9.17) is 0 Å². The quantitative estimate of drug-likeness (QED) is 0.869. The average Bonchev–Trinajstić information content (AvgIpc) is 2.97. The van der Waals surface area contributed by atoms with Crippen LogP contribution in [0, 0.1) is 5.82 Å². The van der Waals surface area contributed by atoms with Gasteiger partial charge in [-0.3, -0.25) is 0 Å². The minimum absolute atomic E-state index is 0.146. The minimum Gasteiger partial charge on any atom is -0.366 e. The maximum atomic E-state index is 13.8. The van der Waals surface area contributed by atoms with Crippen molar-refractivity contribution < 1.29 is 4.39 Å². The molecule has 2 aromatic rings. The predicted molar refractivity (Wildman–Crippen MR) is 84.7 cm³/mol. The summed E-state index contributed by atoms with van der Waals surface area (Å²) in [5.74, 6) is -0.146. The first kappa shape index (κ1) is 14.3. The van der Waals surface area contributed by atoms with Crippen LogP contribution in [0.4, 0.5) is 15.2 Å². The van der Waals surface area contributed by atoms with Gasteiger partial charge in [0, 0.05) is 32.6 Å². The third-order valence-corrected chi connectivity index (χ3v) is 4.71. The van der Waals surface area contributed by atoms with E-state index in [0.717, 1.165) is 49.2 Å². The Morgan fingerprint density at radius 1 is 1.10 bits per heavy atom. The van der Waals surface area contributed by atoms with Crippen molar-refractivity contribution in [2.75, 3.05) is 36.0 Å². The summed E-state index contributed by atoms with van der Waals surface area (Å²) in [6, 6.07) is 6.97. The Hall–Kier alpha value is -1.69. The van der Waals surface area contributed by atoms with Gasteiger partial charge in [-0.25, -0.2) is 4.39 Å². The summed E-state index contributed by atoms with van der Waals surface area (Å²) in [5.41, 5.74) is 0.695. The first-order valence-electron chi connectivity index (χ1n) is 7.34. The van der Waals surface area contributed by atoms with Gasteiger partial charge in [-0.2, -0.15) is 0 Å². The molecule has 21 heavy (non-hydrogen) atoms. The Bertz CT molecular complexity index is 593. The molecule has 0 bridgehead atoms. The molecule has 1 aliphatic heterocycles. The van der Waals surface area contributed by atoms with E-state index < -0.39 is 0 Å². The van der Waals surface area contributed by atoms with Crippen LogP contribution < -0.4 is 9.80 Å². The van der Waals surface area contributed by atoms with Crippen molar-refractivity contribution in [2.24, 2.45) is 0 Å². The second-order valence-corrected chi connectivity index (χ2v) is 6.19. The summed E-state index contributed by atoms with van der Waals surface area (Å²) in [7, 11) is 0. The Labute approximate surface area is 128 Å². The van der Waals surface area contributed by atoms with Gasteiger partial charge in [0.2, 0.25) is 5.13 Å². The fourth-order valence-electron chi connectivity index (χ4n) is 2.53. The van der Waals surface area contributed by atoms with Gasteiger partial charge in [-0.05, 0) is 18.6 Å². The molecule has 0 N–H and O–H groups in total. The number of rotatable bonds is 4. The smallest absolute Gasteiger partial charge is 0.208 e. The second-order valence-electron chi connectivity index (χ2n) is 5.15. The number of aromatic nitrogens is 2. The minimum atomic E-state index is -0.146. The zero-order chi connectivity index (χ0) is 14.7. The normalized spacial score (nSPS) is 15.5. The molecule has 112 valence electrons.